The van der Waals surface area contributed by atoms with Crippen LogP contribution in [0.25, 0.3) is 0 Å². The Kier molecular flexibility index (Phi) is 6.35. The van der Waals surface area contributed by atoms with Crippen LogP contribution < -0.4 is 0 Å². The standard InChI is InChI=1S/C9H19NO8/c11-4-5-6(12)7(13)8(14)9(18-5)17-3-1-2-10(15)16/h5-9,11-16H,1-4H2. The van der Waals surface area contributed by atoms with E-state index >= 15 is 0 Å². The maximum Gasteiger partial charge on any atom is 0.186 e. The summed E-state index contributed by atoms with van der Waals surface area (Å²) in [5, 5.41) is 54.3. The number of aliphatic hydroxyl groups excluding tert-OH is 4. The lowest BCUT2D eigenvalue weighted by molar-refractivity contribution is -0.315. The predicted octanol–water partition coefficient (Wildman–Crippen LogP) is -2.73. The molecule has 1 aliphatic rings. The molecule has 0 aromatic rings. The fourth-order valence-corrected chi connectivity index (χ4v) is 1.61. The molecule has 108 valence electrons. The van der Waals surface area contributed by atoms with Crippen molar-refractivity contribution >= 4 is 0 Å². The van der Waals surface area contributed by atoms with E-state index in [9.17, 15) is 15.3 Å². The molecule has 1 heterocycles. The molecule has 1 saturated heterocycles. The van der Waals surface area contributed by atoms with Gasteiger partial charge in [-0.1, -0.05) is 5.23 Å². The van der Waals surface area contributed by atoms with Crippen LogP contribution in [-0.4, -0.2) is 86.5 Å². The van der Waals surface area contributed by atoms with E-state index < -0.39 is 37.3 Å². The summed E-state index contributed by atoms with van der Waals surface area (Å²) >= 11 is 0. The number of hydrogen-bond acceptors (Lipinski definition) is 9. The Morgan fingerprint density at radius 1 is 1.06 bits per heavy atom. The number of rotatable bonds is 6. The molecule has 9 nitrogen and oxygen atoms in total. The van der Waals surface area contributed by atoms with Crippen molar-refractivity contribution in [1.82, 2.24) is 5.23 Å². The van der Waals surface area contributed by atoms with Crippen molar-refractivity contribution < 1.29 is 40.3 Å². The van der Waals surface area contributed by atoms with Crippen molar-refractivity contribution in [2.45, 2.75) is 37.1 Å². The highest BCUT2D eigenvalue weighted by Crippen LogP contribution is 2.21. The number of hydroxylamine groups is 2. The molecule has 0 spiro atoms. The molecule has 0 aromatic heterocycles. The van der Waals surface area contributed by atoms with Crippen LogP contribution in [0.15, 0.2) is 0 Å². The van der Waals surface area contributed by atoms with Crippen molar-refractivity contribution in [3.8, 4) is 0 Å². The second-order valence-corrected chi connectivity index (χ2v) is 4.02. The third-order valence-corrected chi connectivity index (χ3v) is 2.63. The first-order valence-electron chi connectivity index (χ1n) is 5.54. The zero-order chi connectivity index (χ0) is 13.7. The van der Waals surface area contributed by atoms with E-state index in [4.69, 9.17) is 25.0 Å². The van der Waals surface area contributed by atoms with Crippen LogP contribution in [-0.2, 0) is 9.47 Å². The van der Waals surface area contributed by atoms with Crippen molar-refractivity contribution in [2.75, 3.05) is 19.8 Å². The summed E-state index contributed by atoms with van der Waals surface area (Å²) in [6.07, 6.45) is -6.29. The van der Waals surface area contributed by atoms with E-state index in [1.165, 1.54) is 0 Å². The molecule has 0 saturated carbocycles. The molecular weight excluding hydrogens is 250 g/mol. The summed E-state index contributed by atoms with van der Waals surface area (Å²) in [5.74, 6) is 0. The van der Waals surface area contributed by atoms with Gasteiger partial charge in [-0.05, 0) is 6.42 Å². The average molecular weight is 269 g/mol. The van der Waals surface area contributed by atoms with E-state index in [0.717, 1.165) is 0 Å². The summed E-state index contributed by atoms with van der Waals surface area (Å²) < 4.78 is 10.2. The van der Waals surface area contributed by atoms with Crippen molar-refractivity contribution in [2.24, 2.45) is 0 Å². The molecule has 6 N–H and O–H groups in total. The summed E-state index contributed by atoms with van der Waals surface area (Å²) in [6.45, 7) is -0.538. The minimum Gasteiger partial charge on any atom is -0.394 e. The van der Waals surface area contributed by atoms with E-state index in [1.54, 1.807) is 0 Å². The van der Waals surface area contributed by atoms with Gasteiger partial charge in [0.25, 0.3) is 0 Å². The number of hydrogen-bond donors (Lipinski definition) is 6. The van der Waals surface area contributed by atoms with Gasteiger partial charge in [0.05, 0.1) is 19.8 Å². The molecule has 18 heavy (non-hydrogen) atoms. The van der Waals surface area contributed by atoms with Gasteiger partial charge in [-0.3, -0.25) is 10.4 Å². The first-order valence-corrected chi connectivity index (χ1v) is 5.54. The van der Waals surface area contributed by atoms with Crippen LogP contribution in [0.1, 0.15) is 6.42 Å². The molecular formula is C9H19NO8. The van der Waals surface area contributed by atoms with Gasteiger partial charge in [0.15, 0.2) is 6.29 Å². The molecule has 0 radical (unpaired) electrons. The second-order valence-electron chi connectivity index (χ2n) is 4.02. The summed E-state index contributed by atoms with van der Waals surface area (Å²) in [7, 11) is 0. The Hall–Kier alpha value is -0.360. The lowest BCUT2D eigenvalue weighted by atomic mass is 9.99. The fourth-order valence-electron chi connectivity index (χ4n) is 1.61. The smallest absolute Gasteiger partial charge is 0.186 e. The van der Waals surface area contributed by atoms with Gasteiger partial charge in [-0.2, -0.15) is 0 Å². The topological polar surface area (TPSA) is 143 Å². The van der Waals surface area contributed by atoms with Crippen molar-refractivity contribution in [3.63, 3.8) is 0 Å². The third kappa shape index (κ3) is 4.09. The monoisotopic (exact) mass is 269 g/mol. The molecule has 1 rings (SSSR count). The van der Waals surface area contributed by atoms with Crippen LogP contribution in [0.4, 0.5) is 0 Å². The van der Waals surface area contributed by atoms with Crippen LogP contribution in [0.5, 0.6) is 0 Å². The van der Waals surface area contributed by atoms with Crippen LogP contribution >= 0.6 is 0 Å². The number of nitrogens with zero attached hydrogens (tertiary/aromatic N) is 1. The van der Waals surface area contributed by atoms with Gasteiger partial charge < -0.3 is 29.9 Å². The molecule has 0 aromatic carbocycles. The average Bonchev–Trinajstić information content (AvgIpc) is 2.34. The van der Waals surface area contributed by atoms with Crippen molar-refractivity contribution in [3.05, 3.63) is 0 Å². The summed E-state index contributed by atoms with van der Waals surface area (Å²) in [4.78, 5) is 0. The third-order valence-electron chi connectivity index (χ3n) is 2.63. The quantitative estimate of drug-likeness (QED) is 0.224. The summed E-state index contributed by atoms with van der Waals surface area (Å²) in [5.41, 5.74) is 0. The Morgan fingerprint density at radius 3 is 2.28 bits per heavy atom. The van der Waals surface area contributed by atoms with Gasteiger partial charge in [0.2, 0.25) is 0 Å². The normalized spacial score (nSPS) is 37.2. The molecule has 9 heteroatoms. The number of aliphatic hydroxyl groups is 4. The highest BCUT2D eigenvalue weighted by atomic mass is 16.8. The molecule has 0 aliphatic carbocycles. The Labute approximate surface area is 103 Å². The molecule has 5 unspecified atom stereocenters. The van der Waals surface area contributed by atoms with Gasteiger partial charge in [0.1, 0.15) is 24.4 Å². The highest BCUT2D eigenvalue weighted by molar-refractivity contribution is 4.88. The maximum absolute atomic E-state index is 9.58. The zero-order valence-electron chi connectivity index (χ0n) is 9.66. The van der Waals surface area contributed by atoms with Gasteiger partial charge in [0, 0.05) is 0 Å². The van der Waals surface area contributed by atoms with Crippen molar-refractivity contribution in [1.29, 1.82) is 0 Å². The largest absolute Gasteiger partial charge is 0.394 e. The lowest BCUT2D eigenvalue weighted by Crippen LogP contribution is -2.59. The van der Waals surface area contributed by atoms with Crippen LogP contribution in [0.2, 0.25) is 0 Å². The Balaban J connectivity index is 2.39. The molecule has 1 aliphatic heterocycles. The zero-order valence-corrected chi connectivity index (χ0v) is 9.66. The minimum atomic E-state index is -1.48. The van der Waals surface area contributed by atoms with E-state index in [1.807, 2.05) is 0 Å². The van der Waals surface area contributed by atoms with Gasteiger partial charge in [-0.15, -0.1) is 0 Å². The summed E-state index contributed by atoms with van der Waals surface area (Å²) in [6, 6.07) is 0. The molecule has 5 atom stereocenters. The van der Waals surface area contributed by atoms with Gasteiger partial charge >= 0.3 is 0 Å². The van der Waals surface area contributed by atoms with Gasteiger partial charge in [-0.25, -0.2) is 0 Å². The molecule has 0 amide bonds. The SMILES string of the molecule is OCC1OC(OCCCN(O)O)C(O)C(O)C1O. The Bertz CT molecular complexity index is 239. The van der Waals surface area contributed by atoms with E-state index in [-0.39, 0.29) is 24.8 Å². The number of ether oxygens (including phenoxy) is 2. The van der Waals surface area contributed by atoms with E-state index in [0.29, 0.717) is 0 Å². The van der Waals surface area contributed by atoms with E-state index in [2.05, 4.69) is 0 Å². The molecule has 0 bridgehead atoms. The van der Waals surface area contributed by atoms with Crippen LogP contribution in [0.3, 0.4) is 0 Å². The molecule has 1 fully saturated rings. The van der Waals surface area contributed by atoms with Crippen LogP contribution in [0, 0.1) is 0 Å². The first kappa shape index (κ1) is 15.7. The fraction of sp³-hybridized carbons (Fsp3) is 1.00. The first-order chi connectivity index (χ1) is 8.47. The second kappa shape index (κ2) is 7.28. The predicted molar refractivity (Wildman–Crippen MR) is 54.6 cm³/mol. The highest BCUT2D eigenvalue weighted by Gasteiger charge is 2.43. The maximum atomic E-state index is 9.58. The Morgan fingerprint density at radius 2 is 1.72 bits per heavy atom. The lowest BCUT2D eigenvalue weighted by Gasteiger charge is -2.39. The minimum absolute atomic E-state index is 0.00333.